The molecular formula is C24H25F3N5OW-. The fraction of sp³-hybridized carbons (Fsp3) is 0.292. The summed E-state index contributed by atoms with van der Waals surface area (Å²) in [7, 11) is 1.96. The Kier molecular flexibility index (Phi) is 8.23. The van der Waals surface area contributed by atoms with Gasteiger partial charge >= 0.3 is 0 Å². The molecule has 0 atom stereocenters. The van der Waals surface area contributed by atoms with Crippen molar-refractivity contribution in [3.8, 4) is 28.0 Å². The van der Waals surface area contributed by atoms with Gasteiger partial charge in [0.1, 0.15) is 34.7 Å². The molecule has 0 aliphatic carbocycles. The van der Waals surface area contributed by atoms with Gasteiger partial charge in [-0.15, -0.1) is 6.54 Å². The Labute approximate surface area is 210 Å². The van der Waals surface area contributed by atoms with Gasteiger partial charge in [0.15, 0.2) is 0 Å². The zero-order valence-corrected chi connectivity index (χ0v) is 21.5. The maximum atomic E-state index is 15.0. The van der Waals surface area contributed by atoms with Crippen LogP contribution in [0.25, 0.3) is 28.0 Å². The number of nitrogens with one attached hydrogen (secondary N) is 1. The SMILES string of the molecule is CN1CCN(c2c(F)cc(-c3cnc(N)c(-c4cc(CC[NH-])c(O)cc4F)c3)cc2F)CC1.[W]. The summed E-state index contributed by atoms with van der Waals surface area (Å²) in [6.45, 7) is 2.50. The molecule has 0 bridgehead atoms. The molecule has 1 aliphatic rings. The van der Waals surface area contributed by atoms with E-state index in [0.29, 0.717) is 37.3 Å². The van der Waals surface area contributed by atoms with E-state index in [1.165, 1.54) is 30.5 Å². The quantitative estimate of drug-likeness (QED) is 0.430. The van der Waals surface area contributed by atoms with Crippen LogP contribution in [-0.2, 0) is 27.5 Å². The monoisotopic (exact) mass is 640 g/mol. The Balaban J connectivity index is 0.00000324. The number of hydrogen-bond donors (Lipinski definition) is 2. The van der Waals surface area contributed by atoms with Gasteiger partial charge in [-0.1, -0.05) is 0 Å². The smallest absolute Gasteiger partial charge is 0.150 e. The number of nitrogens with two attached hydrogens (primary N) is 1. The first-order valence-corrected chi connectivity index (χ1v) is 10.6. The summed E-state index contributed by atoms with van der Waals surface area (Å²) in [5, 5.41) is 9.94. The zero-order valence-electron chi connectivity index (χ0n) is 18.6. The number of phenolic OH excluding ortho intramolecular Hbond substituents is 1. The first-order valence-electron chi connectivity index (χ1n) is 10.6. The number of phenols is 1. The number of benzene rings is 2. The number of likely N-dealkylation sites (N-methyl/N-ethyl adjacent to an activating group) is 1. The van der Waals surface area contributed by atoms with Gasteiger partial charge in [-0.05, 0) is 48.9 Å². The van der Waals surface area contributed by atoms with E-state index < -0.39 is 17.5 Å². The van der Waals surface area contributed by atoms with Crippen molar-refractivity contribution >= 4 is 11.5 Å². The van der Waals surface area contributed by atoms with Crippen LogP contribution in [0.5, 0.6) is 5.75 Å². The van der Waals surface area contributed by atoms with Crippen molar-refractivity contribution in [3.05, 3.63) is 65.3 Å². The molecule has 34 heavy (non-hydrogen) atoms. The molecule has 180 valence electrons. The Morgan fingerprint density at radius 1 is 0.941 bits per heavy atom. The van der Waals surface area contributed by atoms with Crippen molar-refractivity contribution < 1.29 is 39.3 Å². The molecule has 4 rings (SSSR count). The van der Waals surface area contributed by atoms with Gasteiger partial charge in [0, 0.05) is 76.2 Å². The van der Waals surface area contributed by atoms with Crippen molar-refractivity contribution in [3.63, 3.8) is 0 Å². The molecule has 1 fully saturated rings. The molecule has 0 amide bonds. The molecular weight excluding hydrogens is 615 g/mol. The third-order valence-corrected chi connectivity index (χ3v) is 5.94. The molecule has 3 aromatic rings. The Morgan fingerprint density at radius 2 is 1.59 bits per heavy atom. The van der Waals surface area contributed by atoms with Crippen molar-refractivity contribution in [2.24, 2.45) is 0 Å². The summed E-state index contributed by atoms with van der Waals surface area (Å²) in [5.74, 6) is -2.28. The number of halogens is 3. The van der Waals surface area contributed by atoms with Crippen LogP contribution in [0.3, 0.4) is 0 Å². The van der Waals surface area contributed by atoms with Gasteiger partial charge in [-0.25, -0.2) is 18.2 Å². The summed E-state index contributed by atoms with van der Waals surface area (Å²) in [5.41, 5.74) is 14.7. The van der Waals surface area contributed by atoms with Crippen LogP contribution in [0.15, 0.2) is 36.5 Å². The molecule has 10 heteroatoms. The van der Waals surface area contributed by atoms with Crippen molar-refractivity contribution in [1.82, 2.24) is 9.88 Å². The average Bonchev–Trinajstić information content (AvgIpc) is 2.77. The van der Waals surface area contributed by atoms with E-state index in [1.54, 1.807) is 4.90 Å². The zero-order chi connectivity index (χ0) is 23.7. The van der Waals surface area contributed by atoms with Crippen LogP contribution in [0.2, 0.25) is 0 Å². The number of rotatable bonds is 5. The van der Waals surface area contributed by atoms with E-state index in [0.717, 1.165) is 6.07 Å². The molecule has 2 aromatic carbocycles. The third-order valence-electron chi connectivity index (χ3n) is 5.94. The second-order valence-corrected chi connectivity index (χ2v) is 8.20. The molecule has 2 heterocycles. The fourth-order valence-electron chi connectivity index (χ4n) is 4.06. The Morgan fingerprint density at radius 3 is 2.21 bits per heavy atom. The van der Waals surface area contributed by atoms with Crippen LogP contribution in [0.4, 0.5) is 24.7 Å². The number of nitrogens with zero attached hydrogens (tertiary/aromatic N) is 3. The van der Waals surface area contributed by atoms with Gasteiger partial charge in [0.2, 0.25) is 0 Å². The average molecular weight is 640 g/mol. The minimum atomic E-state index is -0.713. The molecule has 0 spiro atoms. The van der Waals surface area contributed by atoms with Gasteiger partial charge in [0.25, 0.3) is 0 Å². The first-order chi connectivity index (χ1) is 15.8. The fourth-order valence-corrected chi connectivity index (χ4v) is 4.06. The number of hydrogen-bond acceptors (Lipinski definition) is 5. The first kappa shape index (κ1) is 26.0. The number of nitrogen functional groups attached to an aromatic ring is 1. The molecule has 1 aromatic heterocycles. The number of aromatic nitrogens is 1. The summed E-state index contributed by atoms with van der Waals surface area (Å²) in [4.78, 5) is 7.89. The van der Waals surface area contributed by atoms with Crippen molar-refractivity contribution in [2.75, 3.05) is 50.4 Å². The standard InChI is InChI=1S/C24H25F3N5O.W/c1-31-4-6-32(7-5-31)23-20(26)10-15(11-21(23)27)16-9-18(24(29)30-13-16)17-8-14(2-3-28)22(33)12-19(17)25;/h8-13,28,33H,2-7H2,1H3,(H2,29,30);/q-1;. The molecule has 0 saturated carbocycles. The van der Waals surface area contributed by atoms with Gasteiger partial charge in [0.05, 0.1) is 0 Å². The van der Waals surface area contributed by atoms with Crippen molar-refractivity contribution in [1.29, 1.82) is 0 Å². The van der Waals surface area contributed by atoms with E-state index >= 15 is 0 Å². The molecule has 1 aliphatic heterocycles. The van der Waals surface area contributed by atoms with Crippen LogP contribution < -0.4 is 10.6 Å². The van der Waals surface area contributed by atoms with Crippen LogP contribution >= 0.6 is 0 Å². The van der Waals surface area contributed by atoms with Crippen LogP contribution in [-0.4, -0.2) is 54.8 Å². The van der Waals surface area contributed by atoms with Gasteiger partial charge < -0.3 is 26.4 Å². The molecule has 4 N–H and O–H groups in total. The predicted molar refractivity (Wildman–Crippen MR) is 124 cm³/mol. The summed E-state index contributed by atoms with van der Waals surface area (Å²) in [6.07, 6.45) is 1.61. The van der Waals surface area contributed by atoms with Gasteiger partial charge in [-0.3, -0.25) is 0 Å². The van der Waals surface area contributed by atoms with Gasteiger partial charge in [-0.2, -0.15) is 0 Å². The van der Waals surface area contributed by atoms with E-state index in [-0.39, 0.29) is 68.0 Å². The van der Waals surface area contributed by atoms with E-state index in [1.807, 2.05) is 7.05 Å². The van der Waals surface area contributed by atoms with E-state index in [9.17, 15) is 18.3 Å². The number of pyridine rings is 1. The largest absolute Gasteiger partial charge is 0.677 e. The van der Waals surface area contributed by atoms with E-state index in [2.05, 4.69) is 9.88 Å². The molecule has 6 nitrogen and oxygen atoms in total. The second kappa shape index (κ2) is 10.8. The molecule has 0 radical (unpaired) electrons. The number of anilines is 2. The van der Waals surface area contributed by atoms with E-state index in [4.69, 9.17) is 11.5 Å². The topological polar surface area (TPSA) is 89.4 Å². The van der Waals surface area contributed by atoms with Crippen molar-refractivity contribution in [2.45, 2.75) is 6.42 Å². The normalized spacial score (nSPS) is 14.2. The number of aromatic hydroxyl groups is 1. The Hall–Kier alpha value is -2.61. The minimum Gasteiger partial charge on any atom is -0.677 e. The molecule has 1 saturated heterocycles. The predicted octanol–water partition coefficient (Wildman–Crippen LogP) is 4.46. The molecule has 0 unspecified atom stereocenters. The van der Waals surface area contributed by atoms with Crippen LogP contribution in [0, 0.1) is 17.5 Å². The summed E-state index contributed by atoms with van der Waals surface area (Å²) < 4.78 is 44.6. The van der Waals surface area contributed by atoms with Crippen LogP contribution in [0.1, 0.15) is 5.56 Å². The third kappa shape index (κ3) is 5.22. The maximum Gasteiger partial charge on any atom is 0.150 e. The summed E-state index contributed by atoms with van der Waals surface area (Å²) >= 11 is 0. The second-order valence-electron chi connectivity index (χ2n) is 8.20. The Bertz CT molecular complexity index is 1160. The summed E-state index contributed by atoms with van der Waals surface area (Å²) in [6, 6.07) is 6.40. The number of piperazine rings is 1. The maximum absolute atomic E-state index is 15.0. The minimum absolute atomic E-state index is 0.